The summed E-state index contributed by atoms with van der Waals surface area (Å²) in [5.41, 5.74) is 14.0. The van der Waals surface area contributed by atoms with E-state index in [1.54, 1.807) is 0 Å². The van der Waals surface area contributed by atoms with Crippen molar-refractivity contribution in [3.63, 3.8) is 0 Å². The number of nitrogen functional groups attached to an aromatic ring is 2. The molecule has 6 heteroatoms. The standard InChI is InChI=1S/C15H28N5O/c1-20(8-10-21-11-9-20)7-6-18-4-5-19-15-12-13(16)2-3-14(15)17/h2-3,12,18-19H,4-11,16-17H2,1H3/q+1. The Hall–Kier alpha value is -1.50. The number of rotatable bonds is 7. The summed E-state index contributed by atoms with van der Waals surface area (Å²) in [6, 6.07) is 5.51. The Balaban J connectivity index is 1.60. The summed E-state index contributed by atoms with van der Waals surface area (Å²) in [6.45, 7) is 7.89. The monoisotopic (exact) mass is 294 g/mol. The quantitative estimate of drug-likeness (QED) is 0.331. The third-order valence-electron chi connectivity index (χ3n) is 4.07. The lowest BCUT2D eigenvalue weighted by molar-refractivity contribution is -0.915. The van der Waals surface area contributed by atoms with Gasteiger partial charge in [-0.25, -0.2) is 0 Å². The molecule has 1 saturated heterocycles. The van der Waals surface area contributed by atoms with Gasteiger partial charge in [0.1, 0.15) is 13.1 Å². The molecule has 0 amide bonds. The maximum absolute atomic E-state index is 5.89. The van der Waals surface area contributed by atoms with Crippen molar-refractivity contribution in [2.24, 2.45) is 0 Å². The van der Waals surface area contributed by atoms with Crippen molar-refractivity contribution >= 4 is 17.1 Å². The molecule has 1 aromatic carbocycles. The summed E-state index contributed by atoms with van der Waals surface area (Å²) in [5, 5.41) is 6.78. The van der Waals surface area contributed by atoms with Gasteiger partial charge in [0.25, 0.3) is 0 Å². The number of ether oxygens (including phenoxy) is 1. The molecule has 1 aliphatic rings. The van der Waals surface area contributed by atoms with E-state index in [-0.39, 0.29) is 0 Å². The molecule has 1 aliphatic heterocycles. The number of quaternary nitrogens is 1. The zero-order valence-electron chi connectivity index (χ0n) is 12.9. The second kappa shape index (κ2) is 7.49. The first kappa shape index (κ1) is 15.9. The van der Waals surface area contributed by atoms with Gasteiger partial charge >= 0.3 is 0 Å². The highest BCUT2D eigenvalue weighted by atomic mass is 16.5. The van der Waals surface area contributed by atoms with Crippen molar-refractivity contribution in [2.45, 2.75) is 0 Å². The number of likely N-dealkylation sites (N-methyl/N-ethyl adjacent to an activating group) is 1. The molecule has 21 heavy (non-hydrogen) atoms. The number of nitrogens with one attached hydrogen (secondary N) is 2. The molecule has 1 fully saturated rings. The second-order valence-electron chi connectivity index (χ2n) is 5.93. The number of hydrogen-bond donors (Lipinski definition) is 4. The highest BCUT2D eigenvalue weighted by molar-refractivity contribution is 5.70. The number of benzene rings is 1. The van der Waals surface area contributed by atoms with E-state index in [4.69, 9.17) is 16.2 Å². The topological polar surface area (TPSA) is 85.3 Å². The van der Waals surface area contributed by atoms with Gasteiger partial charge in [0.15, 0.2) is 0 Å². The molecule has 0 atom stereocenters. The first-order valence-corrected chi connectivity index (χ1v) is 7.60. The predicted molar refractivity (Wildman–Crippen MR) is 88.2 cm³/mol. The van der Waals surface area contributed by atoms with Gasteiger partial charge in [-0.3, -0.25) is 0 Å². The van der Waals surface area contributed by atoms with E-state index in [9.17, 15) is 0 Å². The minimum Gasteiger partial charge on any atom is -0.399 e. The summed E-state index contributed by atoms with van der Waals surface area (Å²) >= 11 is 0. The molecule has 0 radical (unpaired) electrons. The lowest BCUT2D eigenvalue weighted by Gasteiger charge is -2.37. The first-order chi connectivity index (χ1) is 10.1. The molecule has 6 N–H and O–H groups in total. The van der Waals surface area contributed by atoms with E-state index >= 15 is 0 Å². The van der Waals surface area contributed by atoms with Crippen LogP contribution in [0.5, 0.6) is 0 Å². The molecule has 1 heterocycles. The van der Waals surface area contributed by atoms with Crippen LogP contribution in [-0.4, -0.2) is 64.0 Å². The fourth-order valence-electron chi connectivity index (χ4n) is 2.49. The highest BCUT2D eigenvalue weighted by Crippen LogP contribution is 2.20. The number of hydrogen-bond acceptors (Lipinski definition) is 5. The minimum absolute atomic E-state index is 0.726. The molecule has 1 aromatic rings. The van der Waals surface area contributed by atoms with Gasteiger partial charge in [-0.2, -0.15) is 0 Å². The summed E-state index contributed by atoms with van der Waals surface area (Å²) in [6.07, 6.45) is 0. The Morgan fingerprint density at radius 1 is 1.14 bits per heavy atom. The maximum atomic E-state index is 5.89. The van der Waals surface area contributed by atoms with Crippen LogP contribution in [0.25, 0.3) is 0 Å². The van der Waals surface area contributed by atoms with E-state index in [1.807, 2.05) is 18.2 Å². The Morgan fingerprint density at radius 3 is 2.67 bits per heavy atom. The van der Waals surface area contributed by atoms with Crippen LogP contribution in [0.1, 0.15) is 0 Å². The lowest BCUT2D eigenvalue weighted by Crippen LogP contribution is -2.54. The van der Waals surface area contributed by atoms with Crippen LogP contribution in [0.3, 0.4) is 0 Å². The smallest absolute Gasteiger partial charge is 0.102 e. The van der Waals surface area contributed by atoms with Crippen molar-refractivity contribution in [2.75, 3.05) is 76.3 Å². The van der Waals surface area contributed by atoms with Gasteiger partial charge in [-0.1, -0.05) is 0 Å². The third-order valence-corrected chi connectivity index (χ3v) is 4.07. The summed E-state index contributed by atoms with van der Waals surface area (Å²) in [7, 11) is 2.30. The van der Waals surface area contributed by atoms with Gasteiger partial charge < -0.3 is 31.3 Å². The second-order valence-corrected chi connectivity index (χ2v) is 5.93. The van der Waals surface area contributed by atoms with Crippen LogP contribution in [0.2, 0.25) is 0 Å². The van der Waals surface area contributed by atoms with Crippen molar-refractivity contribution < 1.29 is 9.22 Å². The molecular formula is C15H28N5O+. The molecule has 0 aliphatic carbocycles. The van der Waals surface area contributed by atoms with Gasteiger partial charge in [0.05, 0.1) is 38.2 Å². The van der Waals surface area contributed by atoms with Crippen molar-refractivity contribution in [3.8, 4) is 0 Å². The first-order valence-electron chi connectivity index (χ1n) is 7.60. The Morgan fingerprint density at radius 2 is 1.90 bits per heavy atom. The van der Waals surface area contributed by atoms with Crippen molar-refractivity contribution in [1.29, 1.82) is 0 Å². The summed E-state index contributed by atoms with van der Waals surface area (Å²) in [4.78, 5) is 0. The van der Waals surface area contributed by atoms with Crippen LogP contribution < -0.4 is 22.1 Å². The molecule has 0 bridgehead atoms. The highest BCUT2D eigenvalue weighted by Gasteiger charge is 2.24. The Labute approximate surface area is 127 Å². The zero-order chi connectivity index (χ0) is 15.1. The third kappa shape index (κ3) is 5.08. The van der Waals surface area contributed by atoms with Gasteiger partial charge in [0, 0.05) is 25.3 Å². The normalized spacial score (nSPS) is 17.6. The fourth-order valence-corrected chi connectivity index (χ4v) is 2.49. The number of nitrogens with two attached hydrogens (primary N) is 2. The Kier molecular flexibility index (Phi) is 5.67. The SMILES string of the molecule is C[N+]1(CCNCCNc2cc(N)ccc2N)CCOCC1. The molecule has 0 unspecified atom stereocenters. The predicted octanol–water partition coefficient (Wildman–Crippen LogP) is 0.329. The van der Waals surface area contributed by atoms with Crippen molar-refractivity contribution in [3.05, 3.63) is 18.2 Å². The minimum atomic E-state index is 0.726. The number of nitrogens with zero attached hydrogens (tertiary/aromatic N) is 1. The largest absolute Gasteiger partial charge is 0.399 e. The Bertz CT molecular complexity index is 446. The van der Waals surface area contributed by atoms with E-state index in [1.165, 1.54) is 0 Å². The molecule has 0 spiro atoms. The van der Waals surface area contributed by atoms with Crippen molar-refractivity contribution in [1.82, 2.24) is 5.32 Å². The zero-order valence-corrected chi connectivity index (χ0v) is 12.9. The maximum Gasteiger partial charge on any atom is 0.102 e. The molecule has 6 nitrogen and oxygen atoms in total. The van der Waals surface area contributed by atoms with E-state index in [0.717, 1.165) is 74.0 Å². The van der Waals surface area contributed by atoms with Crippen LogP contribution in [-0.2, 0) is 4.74 Å². The summed E-state index contributed by atoms with van der Waals surface area (Å²) < 4.78 is 6.51. The average Bonchev–Trinajstić information content (AvgIpc) is 2.47. The van der Waals surface area contributed by atoms with Crippen LogP contribution in [0.4, 0.5) is 17.1 Å². The van der Waals surface area contributed by atoms with E-state index < -0.39 is 0 Å². The average molecular weight is 294 g/mol. The fraction of sp³-hybridized carbons (Fsp3) is 0.600. The number of morpholine rings is 1. The van der Waals surface area contributed by atoms with E-state index in [2.05, 4.69) is 17.7 Å². The molecular weight excluding hydrogens is 266 g/mol. The van der Waals surface area contributed by atoms with Crippen LogP contribution in [0.15, 0.2) is 18.2 Å². The van der Waals surface area contributed by atoms with Gasteiger partial charge in [-0.05, 0) is 18.2 Å². The molecule has 118 valence electrons. The summed E-state index contributed by atoms with van der Waals surface area (Å²) in [5.74, 6) is 0. The van der Waals surface area contributed by atoms with E-state index in [0.29, 0.717) is 0 Å². The van der Waals surface area contributed by atoms with Gasteiger partial charge in [0.2, 0.25) is 0 Å². The molecule has 2 rings (SSSR count). The van der Waals surface area contributed by atoms with Crippen LogP contribution in [0, 0.1) is 0 Å². The lowest BCUT2D eigenvalue weighted by atomic mass is 10.2. The van der Waals surface area contributed by atoms with Crippen LogP contribution >= 0.6 is 0 Å². The number of anilines is 3. The molecule has 0 saturated carbocycles. The molecule has 0 aromatic heterocycles. The van der Waals surface area contributed by atoms with Gasteiger partial charge in [-0.15, -0.1) is 0 Å².